The molecule has 2 aromatic rings. The van der Waals surface area contributed by atoms with E-state index in [0.717, 1.165) is 53.7 Å². The largest absolute Gasteiger partial charge is 0.454 e. The van der Waals surface area contributed by atoms with E-state index in [1.54, 1.807) is 0 Å². The zero-order chi connectivity index (χ0) is 16.7. The molecule has 2 aliphatic rings. The predicted molar refractivity (Wildman–Crippen MR) is 89.3 cm³/mol. The maximum absolute atomic E-state index is 12.3. The minimum Gasteiger partial charge on any atom is -0.454 e. The predicted octanol–water partition coefficient (Wildman–Crippen LogP) is 2.18. The average molecular weight is 327 g/mol. The molecule has 0 amide bonds. The molecule has 0 fully saturated rings. The van der Waals surface area contributed by atoms with Crippen molar-refractivity contribution in [3.63, 3.8) is 0 Å². The molecule has 24 heavy (non-hydrogen) atoms. The molecule has 0 unspecified atom stereocenters. The first kappa shape index (κ1) is 15.2. The normalized spacial score (nSPS) is 16.5. The van der Waals surface area contributed by atoms with Gasteiger partial charge in [0.2, 0.25) is 6.79 Å². The number of nitrogens with one attached hydrogen (secondary N) is 1. The number of ether oxygens (including phenoxy) is 2. The summed E-state index contributed by atoms with van der Waals surface area (Å²) in [5, 5.41) is 0. The Kier molecular flexibility index (Phi) is 3.76. The number of fused-ring (bicyclic) bond motifs is 2. The number of benzene rings is 1. The maximum Gasteiger partial charge on any atom is 0.254 e. The number of rotatable bonds is 3. The van der Waals surface area contributed by atoms with Gasteiger partial charge >= 0.3 is 0 Å². The van der Waals surface area contributed by atoms with Crippen molar-refractivity contribution >= 4 is 0 Å². The molecule has 0 saturated carbocycles. The van der Waals surface area contributed by atoms with Crippen molar-refractivity contribution in [3.05, 3.63) is 51.2 Å². The second-order valence-corrected chi connectivity index (χ2v) is 6.64. The minimum atomic E-state index is 0.0145. The van der Waals surface area contributed by atoms with Crippen LogP contribution in [0.4, 0.5) is 0 Å². The third-order valence-corrected chi connectivity index (χ3v) is 4.59. The lowest BCUT2D eigenvalue weighted by Crippen LogP contribution is -2.35. The van der Waals surface area contributed by atoms with Gasteiger partial charge in [0.15, 0.2) is 11.5 Å². The Morgan fingerprint density at radius 3 is 3.04 bits per heavy atom. The van der Waals surface area contributed by atoms with E-state index in [9.17, 15) is 4.79 Å². The van der Waals surface area contributed by atoms with Crippen molar-refractivity contribution in [1.82, 2.24) is 14.9 Å². The van der Waals surface area contributed by atoms with Crippen molar-refractivity contribution in [1.29, 1.82) is 0 Å². The number of nitrogens with zero attached hydrogens (tertiary/aromatic N) is 2. The Balaban J connectivity index is 1.59. The molecule has 1 N–H and O–H groups in total. The Bertz CT molecular complexity index is 829. The summed E-state index contributed by atoms with van der Waals surface area (Å²) < 4.78 is 11.0. The van der Waals surface area contributed by atoms with Gasteiger partial charge in [-0.05, 0) is 12.5 Å². The van der Waals surface area contributed by atoms with E-state index >= 15 is 0 Å². The van der Waals surface area contributed by atoms with Gasteiger partial charge < -0.3 is 14.5 Å². The summed E-state index contributed by atoms with van der Waals surface area (Å²) >= 11 is 0. The minimum absolute atomic E-state index is 0.0145. The Morgan fingerprint density at radius 2 is 2.21 bits per heavy atom. The highest BCUT2D eigenvalue weighted by Gasteiger charge is 2.24. The van der Waals surface area contributed by atoms with Crippen LogP contribution in [0.1, 0.15) is 42.4 Å². The first-order valence-electron chi connectivity index (χ1n) is 8.33. The van der Waals surface area contributed by atoms with Gasteiger partial charge in [-0.2, -0.15) is 0 Å². The number of H-pyrrole nitrogens is 1. The number of para-hydroxylation sites is 1. The lowest BCUT2D eigenvalue weighted by Gasteiger charge is -2.28. The standard InChI is InChI=1S/C18H21N3O3/c1-11(2)17-19-14-9-21(7-6-13(14)18(22)20-17)8-12-4-3-5-15-16(12)24-10-23-15/h3-5,11H,6-10H2,1-2H3,(H,19,20,22). The molecule has 4 rings (SSSR count). The molecule has 0 saturated heterocycles. The molecule has 0 radical (unpaired) electrons. The highest BCUT2D eigenvalue weighted by molar-refractivity contribution is 5.48. The molecule has 2 aliphatic heterocycles. The van der Waals surface area contributed by atoms with Gasteiger partial charge in [0.25, 0.3) is 5.56 Å². The first-order chi connectivity index (χ1) is 11.6. The van der Waals surface area contributed by atoms with E-state index in [2.05, 4.69) is 20.9 Å². The average Bonchev–Trinajstić information content (AvgIpc) is 3.04. The van der Waals surface area contributed by atoms with E-state index in [1.807, 2.05) is 26.0 Å². The molecule has 1 aromatic heterocycles. The van der Waals surface area contributed by atoms with Gasteiger partial charge in [-0.3, -0.25) is 9.69 Å². The van der Waals surface area contributed by atoms with Crippen molar-refractivity contribution in [3.8, 4) is 11.5 Å². The van der Waals surface area contributed by atoms with E-state index in [0.29, 0.717) is 6.54 Å². The highest BCUT2D eigenvalue weighted by Crippen LogP contribution is 2.36. The number of aromatic nitrogens is 2. The lowest BCUT2D eigenvalue weighted by atomic mass is 10.0. The molecular weight excluding hydrogens is 306 g/mol. The third-order valence-electron chi connectivity index (χ3n) is 4.59. The topological polar surface area (TPSA) is 67.5 Å². The van der Waals surface area contributed by atoms with Crippen LogP contribution in [0.3, 0.4) is 0 Å². The van der Waals surface area contributed by atoms with Crippen molar-refractivity contribution in [2.24, 2.45) is 0 Å². The molecule has 126 valence electrons. The Hall–Kier alpha value is -2.34. The Labute approximate surface area is 140 Å². The quantitative estimate of drug-likeness (QED) is 0.936. The SMILES string of the molecule is CC(C)c1nc2c(c(=O)[nH]1)CCN(Cc1cccc3c1OCO3)C2. The van der Waals surface area contributed by atoms with Crippen LogP contribution in [0.2, 0.25) is 0 Å². The summed E-state index contributed by atoms with van der Waals surface area (Å²) in [7, 11) is 0. The molecular formula is C18H21N3O3. The van der Waals surface area contributed by atoms with Crippen molar-refractivity contribution < 1.29 is 9.47 Å². The number of aromatic amines is 1. The smallest absolute Gasteiger partial charge is 0.254 e. The fourth-order valence-electron chi connectivity index (χ4n) is 3.28. The summed E-state index contributed by atoms with van der Waals surface area (Å²) in [5.74, 6) is 2.62. The molecule has 0 atom stereocenters. The van der Waals surface area contributed by atoms with Gasteiger partial charge in [-0.25, -0.2) is 4.98 Å². The Morgan fingerprint density at radius 1 is 1.33 bits per heavy atom. The second kappa shape index (κ2) is 5.94. The van der Waals surface area contributed by atoms with Crippen LogP contribution in [0.5, 0.6) is 11.5 Å². The van der Waals surface area contributed by atoms with Crippen LogP contribution >= 0.6 is 0 Å². The summed E-state index contributed by atoms with van der Waals surface area (Å²) in [6, 6.07) is 5.97. The number of hydrogen-bond acceptors (Lipinski definition) is 5. The fraction of sp³-hybridized carbons (Fsp3) is 0.444. The van der Waals surface area contributed by atoms with E-state index in [-0.39, 0.29) is 18.3 Å². The second-order valence-electron chi connectivity index (χ2n) is 6.64. The van der Waals surface area contributed by atoms with E-state index in [1.165, 1.54) is 0 Å². The summed E-state index contributed by atoms with van der Waals surface area (Å²) in [6.07, 6.45) is 0.725. The zero-order valence-electron chi connectivity index (χ0n) is 14.0. The highest BCUT2D eigenvalue weighted by atomic mass is 16.7. The van der Waals surface area contributed by atoms with Crippen LogP contribution in [0.25, 0.3) is 0 Å². The van der Waals surface area contributed by atoms with Crippen LogP contribution in [0.15, 0.2) is 23.0 Å². The van der Waals surface area contributed by atoms with Gasteiger partial charge in [0.1, 0.15) is 5.82 Å². The van der Waals surface area contributed by atoms with Gasteiger partial charge in [0.05, 0.1) is 5.69 Å². The van der Waals surface area contributed by atoms with Crippen molar-refractivity contribution in [2.45, 2.75) is 39.3 Å². The van der Waals surface area contributed by atoms with E-state index in [4.69, 9.17) is 9.47 Å². The first-order valence-corrected chi connectivity index (χ1v) is 8.33. The van der Waals surface area contributed by atoms with Crippen molar-refractivity contribution in [2.75, 3.05) is 13.3 Å². The third kappa shape index (κ3) is 2.67. The zero-order valence-corrected chi connectivity index (χ0v) is 14.0. The lowest BCUT2D eigenvalue weighted by molar-refractivity contribution is 0.171. The van der Waals surface area contributed by atoms with Crippen LogP contribution in [-0.2, 0) is 19.5 Å². The molecule has 6 nitrogen and oxygen atoms in total. The van der Waals surface area contributed by atoms with Gasteiger partial charge in [-0.15, -0.1) is 0 Å². The molecule has 3 heterocycles. The molecule has 1 aromatic carbocycles. The molecule has 0 spiro atoms. The van der Waals surface area contributed by atoms with Gasteiger partial charge in [0, 0.05) is 36.7 Å². The number of hydrogen-bond donors (Lipinski definition) is 1. The van der Waals surface area contributed by atoms with Crippen LogP contribution in [0, 0.1) is 0 Å². The summed E-state index contributed by atoms with van der Waals surface area (Å²) in [6.45, 7) is 6.64. The molecule has 0 aliphatic carbocycles. The molecule has 6 heteroatoms. The monoisotopic (exact) mass is 327 g/mol. The van der Waals surface area contributed by atoms with Crippen LogP contribution < -0.4 is 15.0 Å². The summed E-state index contributed by atoms with van der Waals surface area (Å²) in [5.41, 5.74) is 2.86. The fourth-order valence-corrected chi connectivity index (χ4v) is 3.28. The van der Waals surface area contributed by atoms with E-state index < -0.39 is 0 Å². The molecule has 0 bridgehead atoms. The maximum atomic E-state index is 12.3. The van der Waals surface area contributed by atoms with Crippen LogP contribution in [-0.4, -0.2) is 28.2 Å². The summed E-state index contributed by atoms with van der Waals surface area (Å²) in [4.78, 5) is 22.2. The van der Waals surface area contributed by atoms with Gasteiger partial charge in [-0.1, -0.05) is 26.0 Å².